The summed E-state index contributed by atoms with van der Waals surface area (Å²) in [5.41, 5.74) is 0.605. The number of para-hydroxylation sites is 1. The summed E-state index contributed by atoms with van der Waals surface area (Å²) in [6.07, 6.45) is 1.65. The van der Waals surface area contributed by atoms with Crippen LogP contribution in [0.3, 0.4) is 0 Å². The Balaban J connectivity index is 1.84. The van der Waals surface area contributed by atoms with E-state index in [0.29, 0.717) is 18.0 Å². The van der Waals surface area contributed by atoms with Crippen molar-refractivity contribution in [1.82, 2.24) is 0 Å². The van der Waals surface area contributed by atoms with Gasteiger partial charge in [-0.15, -0.1) is 0 Å². The van der Waals surface area contributed by atoms with Gasteiger partial charge in [-0.1, -0.05) is 24.8 Å². The number of carbonyl (C=O) groups excluding carboxylic acids is 1. The van der Waals surface area contributed by atoms with Crippen molar-refractivity contribution in [3.63, 3.8) is 0 Å². The summed E-state index contributed by atoms with van der Waals surface area (Å²) in [6.45, 7) is 3.71. The van der Waals surface area contributed by atoms with Crippen LogP contribution < -0.4 is 14.8 Å². The predicted molar refractivity (Wildman–Crippen MR) is 82.7 cm³/mol. The fraction of sp³-hybridized carbons (Fsp3) is 0.118. The van der Waals surface area contributed by atoms with Crippen LogP contribution in [0.5, 0.6) is 11.5 Å². The standard InChI is InChI=1S/C17H16FNO3/c1-2-11-21-14-9-7-13(8-10-14)19-17(20)12-22-16-6-4-3-5-15(16)18/h2-10H,1,11-12H2,(H,19,20). The Kier molecular flexibility index (Phi) is 5.54. The minimum Gasteiger partial charge on any atom is -0.490 e. The van der Waals surface area contributed by atoms with Crippen LogP contribution in [-0.4, -0.2) is 19.1 Å². The van der Waals surface area contributed by atoms with Gasteiger partial charge in [-0.3, -0.25) is 4.79 Å². The van der Waals surface area contributed by atoms with Gasteiger partial charge in [0.1, 0.15) is 12.4 Å². The molecule has 0 unspecified atom stereocenters. The van der Waals surface area contributed by atoms with Gasteiger partial charge in [0.25, 0.3) is 5.91 Å². The Morgan fingerprint density at radius 1 is 1.14 bits per heavy atom. The molecule has 1 N–H and O–H groups in total. The molecule has 0 bridgehead atoms. The molecule has 0 heterocycles. The molecule has 0 radical (unpaired) electrons. The highest BCUT2D eigenvalue weighted by molar-refractivity contribution is 5.91. The Morgan fingerprint density at radius 3 is 2.55 bits per heavy atom. The number of anilines is 1. The van der Waals surface area contributed by atoms with Crippen molar-refractivity contribution in [3.8, 4) is 11.5 Å². The molecular weight excluding hydrogens is 285 g/mol. The quantitative estimate of drug-likeness (QED) is 0.797. The van der Waals surface area contributed by atoms with Gasteiger partial charge in [-0.05, 0) is 36.4 Å². The first-order chi connectivity index (χ1) is 10.7. The summed E-state index contributed by atoms with van der Waals surface area (Å²) in [5.74, 6) is -0.145. The molecule has 2 aromatic carbocycles. The predicted octanol–water partition coefficient (Wildman–Crippen LogP) is 3.41. The molecule has 0 aliphatic heterocycles. The van der Waals surface area contributed by atoms with E-state index >= 15 is 0 Å². The molecule has 2 aromatic rings. The largest absolute Gasteiger partial charge is 0.490 e. The highest BCUT2D eigenvalue weighted by Gasteiger charge is 2.06. The third-order valence-electron chi connectivity index (χ3n) is 2.70. The summed E-state index contributed by atoms with van der Waals surface area (Å²) >= 11 is 0. The lowest BCUT2D eigenvalue weighted by atomic mass is 10.3. The number of ether oxygens (including phenoxy) is 2. The Hall–Kier alpha value is -2.82. The first-order valence-corrected chi connectivity index (χ1v) is 6.70. The molecule has 114 valence electrons. The van der Waals surface area contributed by atoms with Gasteiger partial charge < -0.3 is 14.8 Å². The van der Waals surface area contributed by atoms with Crippen molar-refractivity contribution in [2.45, 2.75) is 0 Å². The van der Waals surface area contributed by atoms with E-state index in [1.54, 1.807) is 42.5 Å². The van der Waals surface area contributed by atoms with E-state index in [2.05, 4.69) is 11.9 Å². The fourth-order valence-corrected chi connectivity index (χ4v) is 1.69. The van der Waals surface area contributed by atoms with Gasteiger partial charge in [0.05, 0.1) is 0 Å². The number of carbonyl (C=O) groups is 1. The van der Waals surface area contributed by atoms with Crippen molar-refractivity contribution >= 4 is 11.6 Å². The van der Waals surface area contributed by atoms with Crippen LogP contribution in [-0.2, 0) is 4.79 Å². The average molecular weight is 301 g/mol. The van der Waals surface area contributed by atoms with Crippen molar-refractivity contribution in [3.05, 3.63) is 67.0 Å². The number of hydrogen-bond acceptors (Lipinski definition) is 3. The first-order valence-electron chi connectivity index (χ1n) is 6.70. The van der Waals surface area contributed by atoms with E-state index in [4.69, 9.17) is 9.47 Å². The first kappa shape index (κ1) is 15.6. The molecule has 0 fully saturated rings. The molecule has 0 atom stereocenters. The lowest BCUT2D eigenvalue weighted by Gasteiger charge is -2.09. The van der Waals surface area contributed by atoms with Crippen molar-refractivity contribution in [2.75, 3.05) is 18.5 Å². The van der Waals surface area contributed by atoms with Gasteiger partial charge >= 0.3 is 0 Å². The molecule has 0 aliphatic rings. The van der Waals surface area contributed by atoms with Gasteiger partial charge in [0.15, 0.2) is 18.2 Å². The number of hydrogen-bond donors (Lipinski definition) is 1. The summed E-state index contributed by atoms with van der Waals surface area (Å²) < 4.78 is 23.8. The summed E-state index contributed by atoms with van der Waals surface area (Å²) in [6, 6.07) is 12.8. The summed E-state index contributed by atoms with van der Waals surface area (Å²) in [4.78, 5) is 11.8. The molecule has 0 spiro atoms. The molecule has 2 rings (SSSR count). The lowest BCUT2D eigenvalue weighted by molar-refractivity contribution is -0.118. The number of amides is 1. The second kappa shape index (κ2) is 7.83. The highest BCUT2D eigenvalue weighted by atomic mass is 19.1. The van der Waals surface area contributed by atoms with Crippen LogP contribution in [0.1, 0.15) is 0 Å². The fourth-order valence-electron chi connectivity index (χ4n) is 1.69. The summed E-state index contributed by atoms with van der Waals surface area (Å²) in [5, 5.41) is 2.65. The van der Waals surface area contributed by atoms with Crippen LogP contribution in [0.15, 0.2) is 61.2 Å². The average Bonchev–Trinajstić information content (AvgIpc) is 2.53. The minimum atomic E-state index is -0.501. The zero-order valence-electron chi connectivity index (χ0n) is 11.9. The number of halogens is 1. The molecule has 0 aliphatic carbocycles. The molecule has 0 saturated heterocycles. The number of rotatable bonds is 7. The molecular formula is C17H16FNO3. The zero-order valence-corrected chi connectivity index (χ0v) is 11.9. The van der Waals surface area contributed by atoms with E-state index in [0.717, 1.165) is 0 Å². The van der Waals surface area contributed by atoms with Gasteiger partial charge in [-0.2, -0.15) is 0 Å². The third kappa shape index (κ3) is 4.63. The van der Waals surface area contributed by atoms with Gasteiger partial charge in [-0.25, -0.2) is 4.39 Å². The van der Waals surface area contributed by atoms with E-state index in [-0.39, 0.29) is 18.3 Å². The van der Waals surface area contributed by atoms with E-state index in [9.17, 15) is 9.18 Å². The van der Waals surface area contributed by atoms with E-state index in [1.807, 2.05) is 0 Å². The smallest absolute Gasteiger partial charge is 0.262 e. The SMILES string of the molecule is C=CCOc1ccc(NC(=O)COc2ccccc2F)cc1. The Labute approximate surface area is 128 Å². The van der Waals surface area contributed by atoms with E-state index < -0.39 is 5.82 Å². The highest BCUT2D eigenvalue weighted by Crippen LogP contribution is 2.17. The topological polar surface area (TPSA) is 47.6 Å². The summed E-state index contributed by atoms with van der Waals surface area (Å²) in [7, 11) is 0. The number of nitrogens with one attached hydrogen (secondary N) is 1. The molecule has 5 heteroatoms. The van der Waals surface area contributed by atoms with Crippen LogP contribution in [0.25, 0.3) is 0 Å². The monoisotopic (exact) mass is 301 g/mol. The van der Waals surface area contributed by atoms with Crippen LogP contribution in [0.4, 0.5) is 10.1 Å². The van der Waals surface area contributed by atoms with Crippen molar-refractivity contribution < 1.29 is 18.7 Å². The second-order valence-corrected chi connectivity index (χ2v) is 4.39. The molecule has 0 saturated carbocycles. The van der Waals surface area contributed by atoms with Gasteiger partial charge in [0.2, 0.25) is 0 Å². The minimum absolute atomic E-state index is 0.0471. The maximum atomic E-state index is 13.3. The van der Waals surface area contributed by atoms with Crippen LogP contribution >= 0.6 is 0 Å². The van der Waals surface area contributed by atoms with E-state index in [1.165, 1.54) is 12.1 Å². The molecule has 4 nitrogen and oxygen atoms in total. The zero-order chi connectivity index (χ0) is 15.8. The van der Waals surface area contributed by atoms with Crippen LogP contribution in [0, 0.1) is 5.82 Å². The Bertz CT molecular complexity index is 641. The van der Waals surface area contributed by atoms with Gasteiger partial charge in [0, 0.05) is 5.69 Å². The molecule has 0 aromatic heterocycles. The lowest BCUT2D eigenvalue weighted by Crippen LogP contribution is -2.20. The normalized spacial score (nSPS) is 9.86. The molecule has 22 heavy (non-hydrogen) atoms. The maximum absolute atomic E-state index is 13.3. The third-order valence-corrected chi connectivity index (χ3v) is 2.70. The second-order valence-electron chi connectivity index (χ2n) is 4.39. The number of benzene rings is 2. The Morgan fingerprint density at radius 2 is 1.86 bits per heavy atom. The van der Waals surface area contributed by atoms with Crippen molar-refractivity contribution in [2.24, 2.45) is 0 Å². The maximum Gasteiger partial charge on any atom is 0.262 e. The van der Waals surface area contributed by atoms with Crippen molar-refractivity contribution in [1.29, 1.82) is 0 Å². The molecule has 1 amide bonds. The van der Waals surface area contributed by atoms with Crippen LogP contribution in [0.2, 0.25) is 0 Å².